The lowest BCUT2D eigenvalue weighted by atomic mass is 9.99. The minimum atomic E-state index is -0.926. The van der Waals surface area contributed by atoms with Crippen molar-refractivity contribution < 1.29 is 14.7 Å². The van der Waals surface area contributed by atoms with Crippen LogP contribution in [-0.2, 0) is 16.1 Å². The van der Waals surface area contributed by atoms with Gasteiger partial charge in [-0.05, 0) is 18.1 Å². The molecule has 2 atom stereocenters. The molecule has 0 aliphatic rings. The Hall–Kier alpha value is -1.11. The number of amides is 1. The van der Waals surface area contributed by atoms with Gasteiger partial charge in [0.1, 0.15) is 6.04 Å². The predicted molar refractivity (Wildman–Crippen MR) is 84.7 cm³/mol. The molecular formula is C14H21ClN2O3S. The zero-order chi connectivity index (χ0) is 16.0. The van der Waals surface area contributed by atoms with E-state index in [0.29, 0.717) is 10.9 Å². The lowest BCUT2D eigenvalue weighted by molar-refractivity contribution is -0.141. The summed E-state index contributed by atoms with van der Waals surface area (Å²) in [7, 11) is 1.69. The van der Waals surface area contributed by atoms with Crippen LogP contribution in [-0.4, -0.2) is 41.5 Å². The minimum Gasteiger partial charge on any atom is -0.480 e. The fraction of sp³-hybridized carbons (Fsp3) is 0.571. The first-order chi connectivity index (χ1) is 9.85. The SMILES string of the molecule is CC[C@H](C)[C@H](NCC(=O)N(C)Cc1ccc(Cl)s1)C(=O)O. The summed E-state index contributed by atoms with van der Waals surface area (Å²) in [5.74, 6) is -1.10. The Kier molecular flexibility index (Phi) is 7.14. The van der Waals surface area contributed by atoms with Crippen LogP contribution in [0, 0.1) is 5.92 Å². The van der Waals surface area contributed by atoms with Gasteiger partial charge in [-0.15, -0.1) is 11.3 Å². The van der Waals surface area contributed by atoms with Crippen LogP contribution in [0.5, 0.6) is 0 Å². The van der Waals surface area contributed by atoms with E-state index in [9.17, 15) is 9.59 Å². The molecule has 2 N–H and O–H groups in total. The van der Waals surface area contributed by atoms with Gasteiger partial charge in [0.2, 0.25) is 5.91 Å². The molecule has 5 nitrogen and oxygen atoms in total. The molecule has 1 heterocycles. The van der Waals surface area contributed by atoms with E-state index >= 15 is 0 Å². The minimum absolute atomic E-state index is 0.0108. The van der Waals surface area contributed by atoms with Gasteiger partial charge in [0.25, 0.3) is 0 Å². The highest BCUT2D eigenvalue weighted by Crippen LogP contribution is 2.22. The highest BCUT2D eigenvalue weighted by atomic mass is 35.5. The maximum atomic E-state index is 12.0. The second kappa shape index (κ2) is 8.36. The fourth-order valence-corrected chi connectivity index (χ4v) is 3.00. The molecule has 118 valence electrons. The molecule has 1 rings (SSSR count). The number of hydrogen-bond acceptors (Lipinski definition) is 4. The number of rotatable bonds is 8. The van der Waals surface area contributed by atoms with E-state index in [2.05, 4.69) is 5.32 Å². The van der Waals surface area contributed by atoms with Crippen molar-refractivity contribution in [1.82, 2.24) is 10.2 Å². The summed E-state index contributed by atoms with van der Waals surface area (Å²) >= 11 is 7.28. The zero-order valence-electron chi connectivity index (χ0n) is 12.4. The Labute approximate surface area is 133 Å². The van der Waals surface area contributed by atoms with Crippen molar-refractivity contribution in [3.05, 3.63) is 21.3 Å². The Balaban J connectivity index is 2.49. The standard InChI is InChI=1S/C14H21ClN2O3S/c1-4-9(2)13(14(19)20)16-7-12(18)17(3)8-10-5-6-11(15)21-10/h5-6,9,13,16H,4,7-8H2,1-3H3,(H,19,20)/t9-,13-/m0/s1. The number of halogens is 1. The third-order valence-corrected chi connectivity index (χ3v) is 4.62. The maximum Gasteiger partial charge on any atom is 0.320 e. The Morgan fingerprint density at radius 1 is 1.48 bits per heavy atom. The summed E-state index contributed by atoms with van der Waals surface area (Å²) in [6, 6.07) is 2.97. The quantitative estimate of drug-likeness (QED) is 0.767. The van der Waals surface area contributed by atoms with E-state index in [-0.39, 0.29) is 18.4 Å². The van der Waals surface area contributed by atoms with Gasteiger partial charge in [-0.2, -0.15) is 0 Å². The average molecular weight is 333 g/mol. The molecule has 1 amide bonds. The summed E-state index contributed by atoms with van der Waals surface area (Å²) in [5.41, 5.74) is 0. The molecule has 7 heteroatoms. The van der Waals surface area contributed by atoms with Crippen molar-refractivity contribution in [2.24, 2.45) is 5.92 Å². The molecule has 0 radical (unpaired) electrons. The molecule has 0 aromatic carbocycles. The number of carboxylic acid groups (broad SMARTS) is 1. The van der Waals surface area contributed by atoms with Crippen LogP contribution in [0.2, 0.25) is 4.34 Å². The van der Waals surface area contributed by atoms with Gasteiger partial charge in [-0.3, -0.25) is 14.9 Å². The topological polar surface area (TPSA) is 69.6 Å². The molecule has 1 aromatic heterocycles. The van der Waals surface area contributed by atoms with Crippen molar-refractivity contribution >= 4 is 34.8 Å². The smallest absolute Gasteiger partial charge is 0.320 e. The Morgan fingerprint density at radius 2 is 2.14 bits per heavy atom. The largest absolute Gasteiger partial charge is 0.480 e. The first-order valence-corrected chi connectivity index (χ1v) is 7.99. The summed E-state index contributed by atoms with van der Waals surface area (Å²) in [6.07, 6.45) is 0.738. The van der Waals surface area contributed by atoms with E-state index in [0.717, 1.165) is 11.3 Å². The average Bonchev–Trinajstić information content (AvgIpc) is 2.83. The van der Waals surface area contributed by atoms with Gasteiger partial charge in [0, 0.05) is 11.9 Å². The number of nitrogens with one attached hydrogen (secondary N) is 1. The molecule has 0 aliphatic heterocycles. The number of likely N-dealkylation sites (N-methyl/N-ethyl adjacent to an activating group) is 1. The number of hydrogen-bond donors (Lipinski definition) is 2. The second-order valence-corrected chi connectivity index (χ2v) is 6.84. The first-order valence-electron chi connectivity index (χ1n) is 6.79. The monoisotopic (exact) mass is 332 g/mol. The van der Waals surface area contributed by atoms with Crippen LogP contribution in [0.4, 0.5) is 0 Å². The van der Waals surface area contributed by atoms with Crippen LogP contribution in [0.15, 0.2) is 12.1 Å². The lowest BCUT2D eigenvalue weighted by Gasteiger charge is -2.22. The van der Waals surface area contributed by atoms with Crippen LogP contribution in [0.3, 0.4) is 0 Å². The number of carbonyl (C=O) groups excluding carboxylic acids is 1. The molecule has 21 heavy (non-hydrogen) atoms. The molecule has 0 saturated carbocycles. The predicted octanol–water partition coefficient (Wildman–Crippen LogP) is 2.45. The highest BCUT2D eigenvalue weighted by Gasteiger charge is 2.24. The van der Waals surface area contributed by atoms with E-state index in [4.69, 9.17) is 16.7 Å². The van der Waals surface area contributed by atoms with Crippen molar-refractivity contribution in [2.75, 3.05) is 13.6 Å². The van der Waals surface area contributed by atoms with E-state index in [1.54, 1.807) is 18.0 Å². The van der Waals surface area contributed by atoms with Gasteiger partial charge in [-0.1, -0.05) is 31.9 Å². The Morgan fingerprint density at radius 3 is 2.62 bits per heavy atom. The lowest BCUT2D eigenvalue weighted by Crippen LogP contribution is -2.46. The summed E-state index contributed by atoms with van der Waals surface area (Å²) in [4.78, 5) is 25.8. The highest BCUT2D eigenvalue weighted by molar-refractivity contribution is 7.16. The zero-order valence-corrected chi connectivity index (χ0v) is 14.0. The Bertz CT molecular complexity index is 492. The molecule has 0 fully saturated rings. The number of thiophene rings is 1. The third-order valence-electron chi connectivity index (χ3n) is 3.40. The fourth-order valence-electron chi connectivity index (χ4n) is 1.86. The molecule has 0 saturated heterocycles. The number of aliphatic carboxylic acids is 1. The van der Waals surface area contributed by atoms with E-state index in [1.165, 1.54) is 11.3 Å². The van der Waals surface area contributed by atoms with Crippen LogP contribution in [0.25, 0.3) is 0 Å². The van der Waals surface area contributed by atoms with Crippen molar-refractivity contribution in [1.29, 1.82) is 0 Å². The van der Waals surface area contributed by atoms with Crippen molar-refractivity contribution in [2.45, 2.75) is 32.9 Å². The van der Waals surface area contributed by atoms with Crippen LogP contribution < -0.4 is 5.32 Å². The number of nitrogens with zero attached hydrogens (tertiary/aromatic N) is 1. The van der Waals surface area contributed by atoms with E-state index in [1.807, 2.05) is 19.9 Å². The normalized spacial score (nSPS) is 13.7. The van der Waals surface area contributed by atoms with Gasteiger partial charge in [-0.25, -0.2) is 0 Å². The number of carbonyl (C=O) groups is 2. The maximum absolute atomic E-state index is 12.0. The molecule has 0 spiro atoms. The van der Waals surface area contributed by atoms with Crippen molar-refractivity contribution in [3.8, 4) is 0 Å². The van der Waals surface area contributed by atoms with Gasteiger partial charge in [0.15, 0.2) is 0 Å². The second-order valence-electron chi connectivity index (χ2n) is 5.04. The van der Waals surface area contributed by atoms with Gasteiger partial charge >= 0.3 is 5.97 Å². The summed E-state index contributed by atoms with van der Waals surface area (Å²) < 4.78 is 0.687. The van der Waals surface area contributed by atoms with E-state index < -0.39 is 12.0 Å². The summed E-state index contributed by atoms with van der Waals surface area (Å²) in [6.45, 7) is 4.26. The number of carboxylic acids is 1. The van der Waals surface area contributed by atoms with Crippen molar-refractivity contribution in [3.63, 3.8) is 0 Å². The van der Waals surface area contributed by atoms with Gasteiger partial charge in [0.05, 0.1) is 17.4 Å². The molecule has 0 unspecified atom stereocenters. The summed E-state index contributed by atoms with van der Waals surface area (Å²) in [5, 5.41) is 12.0. The van der Waals surface area contributed by atoms with Crippen LogP contribution in [0.1, 0.15) is 25.1 Å². The van der Waals surface area contributed by atoms with Crippen LogP contribution >= 0.6 is 22.9 Å². The first kappa shape index (κ1) is 17.9. The molecule has 0 bridgehead atoms. The van der Waals surface area contributed by atoms with Gasteiger partial charge < -0.3 is 10.0 Å². The molecule has 1 aromatic rings. The molecular weight excluding hydrogens is 312 g/mol. The molecule has 0 aliphatic carbocycles. The third kappa shape index (κ3) is 5.65.